The highest BCUT2D eigenvalue weighted by Gasteiger charge is 2.70. The lowest BCUT2D eigenvalue weighted by Gasteiger charge is -2.74. The van der Waals surface area contributed by atoms with Crippen LogP contribution in [0.3, 0.4) is 0 Å². The number of esters is 1. The van der Waals surface area contributed by atoms with Gasteiger partial charge in [0.15, 0.2) is 0 Å². The summed E-state index contributed by atoms with van der Waals surface area (Å²) in [6, 6.07) is 0. The molecule has 7 saturated carbocycles. The Labute approximate surface area is 140 Å². The Morgan fingerprint density at radius 1 is 1.00 bits per heavy atom. The molecule has 0 heterocycles. The molecule has 4 atom stereocenters. The summed E-state index contributed by atoms with van der Waals surface area (Å²) >= 11 is 0. The summed E-state index contributed by atoms with van der Waals surface area (Å²) in [6.07, 6.45) is 9.67. The summed E-state index contributed by atoms with van der Waals surface area (Å²) in [6.45, 7) is 6.90. The molecule has 0 spiro atoms. The van der Waals surface area contributed by atoms with Crippen molar-refractivity contribution in [1.29, 1.82) is 0 Å². The lowest BCUT2D eigenvalue weighted by molar-refractivity contribution is -0.269. The van der Waals surface area contributed by atoms with Crippen LogP contribution in [0, 0.1) is 52.3 Å². The largest absolute Gasteiger partial charge is 0.465 e. The molecule has 0 saturated heterocycles. The van der Waals surface area contributed by atoms with E-state index in [-0.39, 0.29) is 11.4 Å². The second kappa shape index (κ2) is 4.55. The van der Waals surface area contributed by atoms with Gasteiger partial charge in [0.05, 0.1) is 12.0 Å². The number of carbonyl (C=O) groups excluding carboxylic acids is 1. The fraction of sp³-hybridized carbons (Fsp3) is 0.952. The quantitative estimate of drug-likeness (QED) is 0.704. The van der Waals surface area contributed by atoms with Crippen LogP contribution in [0.25, 0.3) is 0 Å². The van der Waals surface area contributed by atoms with E-state index in [1.165, 1.54) is 38.5 Å². The lowest BCUT2D eigenvalue weighted by atomic mass is 9.31. The molecule has 0 radical (unpaired) electrons. The maximum Gasteiger partial charge on any atom is 0.311 e. The monoisotopic (exact) mass is 316 g/mol. The van der Waals surface area contributed by atoms with E-state index in [0.717, 1.165) is 54.5 Å². The van der Waals surface area contributed by atoms with Gasteiger partial charge in [-0.3, -0.25) is 4.79 Å². The number of ether oxygens (including phenoxy) is 1. The Bertz CT molecular complexity index is 512. The zero-order chi connectivity index (χ0) is 16.0. The molecule has 128 valence electrons. The van der Waals surface area contributed by atoms with Crippen LogP contribution in [0.15, 0.2) is 0 Å². The van der Waals surface area contributed by atoms with Gasteiger partial charge >= 0.3 is 5.97 Å². The molecule has 0 aromatic carbocycles. The average Bonchev–Trinajstić information content (AvgIpc) is 2.56. The molecule has 0 aromatic rings. The van der Waals surface area contributed by atoms with Crippen LogP contribution in [-0.4, -0.2) is 12.6 Å². The van der Waals surface area contributed by atoms with Crippen molar-refractivity contribution in [2.75, 3.05) is 6.61 Å². The molecule has 8 bridgehead atoms. The zero-order valence-corrected chi connectivity index (χ0v) is 15.0. The first-order valence-corrected chi connectivity index (χ1v) is 10.1. The highest BCUT2D eigenvalue weighted by Crippen LogP contribution is 2.75. The second-order valence-electron chi connectivity index (χ2n) is 10.4. The number of carbonyl (C=O) groups is 1. The fourth-order valence-electron chi connectivity index (χ4n) is 7.97. The van der Waals surface area contributed by atoms with E-state index in [1.807, 2.05) is 13.8 Å². The Kier molecular flexibility index (Phi) is 2.92. The Morgan fingerprint density at radius 2 is 1.61 bits per heavy atom. The topological polar surface area (TPSA) is 26.3 Å². The summed E-state index contributed by atoms with van der Waals surface area (Å²) in [5, 5.41) is 0. The van der Waals surface area contributed by atoms with Gasteiger partial charge in [0.2, 0.25) is 0 Å². The van der Waals surface area contributed by atoms with Crippen LogP contribution in [0.1, 0.15) is 65.7 Å². The van der Waals surface area contributed by atoms with Gasteiger partial charge in [-0.15, -0.1) is 0 Å². The summed E-state index contributed by atoms with van der Waals surface area (Å²) in [5.74, 6) is 6.78. The normalized spacial score (nSPS) is 52.2. The Morgan fingerprint density at radius 3 is 2.22 bits per heavy atom. The number of rotatable bonds is 4. The predicted octanol–water partition coefficient (Wildman–Crippen LogP) is 4.67. The van der Waals surface area contributed by atoms with Crippen LogP contribution in [0.4, 0.5) is 0 Å². The van der Waals surface area contributed by atoms with E-state index in [0.29, 0.717) is 5.41 Å². The summed E-state index contributed by atoms with van der Waals surface area (Å²) in [7, 11) is 0. The van der Waals surface area contributed by atoms with Crippen molar-refractivity contribution in [2.45, 2.75) is 65.7 Å². The molecule has 7 fully saturated rings. The second-order valence-corrected chi connectivity index (χ2v) is 10.4. The van der Waals surface area contributed by atoms with Crippen LogP contribution in [0.2, 0.25) is 0 Å². The molecular weight excluding hydrogens is 284 g/mol. The fourth-order valence-corrected chi connectivity index (χ4v) is 7.97. The van der Waals surface area contributed by atoms with Crippen molar-refractivity contribution >= 4 is 5.97 Å². The minimum atomic E-state index is -0.320. The molecular formula is C21H32O2. The highest BCUT2D eigenvalue weighted by atomic mass is 16.5. The van der Waals surface area contributed by atoms with Crippen molar-refractivity contribution < 1.29 is 9.53 Å². The van der Waals surface area contributed by atoms with Crippen molar-refractivity contribution in [2.24, 2.45) is 52.3 Å². The van der Waals surface area contributed by atoms with Crippen LogP contribution in [-0.2, 0) is 9.53 Å². The van der Waals surface area contributed by atoms with Gasteiger partial charge in [-0.25, -0.2) is 0 Å². The van der Waals surface area contributed by atoms with E-state index in [1.54, 1.807) is 0 Å². The lowest BCUT2D eigenvalue weighted by Crippen LogP contribution is -2.69. The molecule has 7 aliphatic carbocycles. The maximum absolute atomic E-state index is 12.6. The van der Waals surface area contributed by atoms with E-state index >= 15 is 0 Å². The first-order chi connectivity index (χ1) is 10.9. The molecule has 0 aromatic heterocycles. The van der Waals surface area contributed by atoms with Gasteiger partial charge < -0.3 is 4.74 Å². The van der Waals surface area contributed by atoms with Crippen molar-refractivity contribution in [3.63, 3.8) is 0 Å². The van der Waals surface area contributed by atoms with Gasteiger partial charge in [-0.05, 0) is 100 Å². The van der Waals surface area contributed by atoms with Crippen LogP contribution in [0.5, 0.6) is 0 Å². The smallest absolute Gasteiger partial charge is 0.311 e. The first-order valence-electron chi connectivity index (χ1n) is 10.1. The molecule has 2 nitrogen and oxygen atoms in total. The third-order valence-electron chi connectivity index (χ3n) is 9.18. The zero-order valence-electron chi connectivity index (χ0n) is 15.0. The summed E-state index contributed by atoms with van der Waals surface area (Å²) in [5.41, 5.74) is 0.0585. The Hall–Kier alpha value is -0.530. The molecule has 0 N–H and O–H groups in total. The highest BCUT2D eigenvalue weighted by molar-refractivity contribution is 5.75. The molecule has 7 aliphatic rings. The first kappa shape index (κ1) is 14.8. The van der Waals surface area contributed by atoms with Gasteiger partial charge in [-0.2, -0.15) is 0 Å². The SMILES string of the molecule is CCC(C)(C)C(=O)OCC12CC3CC4C5CC(CC41)CC2C5C3. The van der Waals surface area contributed by atoms with Crippen LogP contribution < -0.4 is 0 Å². The van der Waals surface area contributed by atoms with Crippen molar-refractivity contribution in [3.8, 4) is 0 Å². The maximum atomic E-state index is 12.6. The number of hydrogen-bond donors (Lipinski definition) is 0. The van der Waals surface area contributed by atoms with Gasteiger partial charge in [0.1, 0.15) is 0 Å². The van der Waals surface area contributed by atoms with Crippen LogP contribution >= 0.6 is 0 Å². The van der Waals surface area contributed by atoms with E-state index < -0.39 is 0 Å². The van der Waals surface area contributed by atoms with Gasteiger partial charge in [0, 0.05) is 5.41 Å². The molecule has 2 heteroatoms. The summed E-state index contributed by atoms with van der Waals surface area (Å²) in [4.78, 5) is 12.6. The van der Waals surface area contributed by atoms with Crippen molar-refractivity contribution in [3.05, 3.63) is 0 Å². The number of hydrogen-bond acceptors (Lipinski definition) is 2. The molecule has 0 amide bonds. The molecule has 0 aliphatic heterocycles. The molecule has 4 unspecified atom stereocenters. The third kappa shape index (κ3) is 1.79. The summed E-state index contributed by atoms with van der Waals surface area (Å²) < 4.78 is 6.03. The molecule has 7 rings (SSSR count). The van der Waals surface area contributed by atoms with Gasteiger partial charge in [-0.1, -0.05) is 6.92 Å². The van der Waals surface area contributed by atoms with Crippen molar-refractivity contribution in [1.82, 2.24) is 0 Å². The Balaban J connectivity index is 1.42. The van der Waals surface area contributed by atoms with Gasteiger partial charge in [0.25, 0.3) is 0 Å². The predicted molar refractivity (Wildman–Crippen MR) is 89.6 cm³/mol. The standard InChI is InChI=1S/C21H32O2/c1-4-20(2,3)19(22)23-11-21-10-13-6-15-14-5-12(8-17(15)21)9-18(21)16(14)7-13/h12-18H,4-11H2,1-3H3. The van der Waals surface area contributed by atoms with E-state index in [4.69, 9.17) is 4.74 Å². The third-order valence-corrected chi connectivity index (χ3v) is 9.18. The average molecular weight is 316 g/mol. The minimum Gasteiger partial charge on any atom is -0.465 e. The van der Waals surface area contributed by atoms with E-state index in [2.05, 4.69) is 6.92 Å². The van der Waals surface area contributed by atoms with E-state index in [9.17, 15) is 4.79 Å². The minimum absolute atomic E-state index is 0.0407. The molecule has 23 heavy (non-hydrogen) atoms.